The molecule has 7 nitrogen and oxygen atoms in total. The summed E-state index contributed by atoms with van der Waals surface area (Å²) in [4.78, 5) is 22.7. The minimum Gasteiger partial charge on any atom is -0.444 e. The molecule has 9 heteroatoms. The summed E-state index contributed by atoms with van der Waals surface area (Å²) in [5.74, 6) is 1.15. The zero-order chi connectivity index (χ0) is 29.4. The number of carbonyl (C=O) groups excluding carboxylic acids is 1. The number of hydrogen-bond donors (Lipinski definition) is 0. The second-order valence-electron chi connectivity index (χ2n) is 12.5. The molecule has 2 aliphatic carbocycles. The van der Waals surface area contributed by atoms with Gasteiger partial charge in [0, 0.05) is 33.7 Å². The van der Waals surface area contributed by atoms with Crippen LogP contribution in [0.2, 0.25) is 0 Å². The van der Waals surface area contributed by atoms with Gasteiger partial charge in [-0.2, -0.15) is 10.5 Å². The summed E-state index contributed by atoms with van der Waals surface area (Å²) in [5.41, 5.74) is 0.436. The number of nitrogens with zero attached hydrogens (tertiary/aromatic N) is 5. The van der Waals surface area contributed by atoms with Gasteiger partial charge in [-0.3, -0.25) is 14.9 Å². The van der Waals surface area contributed by atoms with Crippen LogP contribution in [0.25, 0.3) is 0 Å². The van der Waals surface area contributed by atoms with E-state index in [4.69, 9.17) is 4.74 Å². The van der Waals surface area contributed by atoms with Gasteiger partial charge in [0.1, 0.15) is 5.60 Å². The normalized spacial score (nSPS) is 31.0. The number of rotatable bonds is 2. The van der Waals surface area contributed by atoms with Gasteiger partial charge in [-0.1, -0.05) is 24.3 Å². The van der Waals surface area contributed by atoms with Gasteiger partial charge < -0.3 is 4.74 Å². The van der Waals surface area contributed by atoms with E-state index in [1.165, 1.54) is 6.42 Å². The molecule has 2 unspecified atom stereocenters. The molecule has 1 saturated heterocycles. The lowest BCUT2D eigenvalue weighted by molar-refractivity contribution is 0.00562. The minimum absolute atomic E-state index is 0.128. The van der Waals surface area contributed by atoms with Gasteiger partial charge in [0.05, 0.1) is 35.1 Å². The molecule has 6 rings (SSSR count). The first-order valence-electron chi connectivity index (χ1n) is 13.9. The lowest BCUT2D eigenvalue weighted by Gasteiger charge is -2.43. The van der Waals surface area contributed by atoms with E-state index in [1.807, 2.05) is 51.3 Å². The van der Waals surface area contributed by atoms with Crippen molar-refractivity contribution in [2.45, 2.75) is 81.4 Å². The molecule has 1 saturated carbocycles. The Morgan fingerprint density at radius 3 is 1.73 bits per heavy atom. The Labute approximate surface area is 258 Å². The van der Waals surface area contributed by atoms with Crippen LogP contribution in [0.15, 0.2) is 70.2 Å². The van der Waals surface area contributed by atoms with Crippen LogP contribution in [0, 0.1) is 34.5 Å². The third-order valence-corrected chi connectivity index (χ3v) is 9.28. The number of fused-ring (bicyclic) bond motifs is 4. The van der Waals surface area contributed by atoms with Crippen LogP contribution in [-0.4, -0.2) is 38.6 Å². The van der Waals surface area contributed by atoms with Gasteiger partial charge in [0.2, 0.25) is 0 Å². The van der Waals surface area contributed by atoms with Crippen molar-refractivity contribution in [1.82, 2.24) is 14.9 Å². The predicted octanol–water partition coefficient (Wildman–Crippen LogP) is 7.53. The zero-order valence-corrected chi connectivity index (χ0v) is 26.6. The van der Waals surface area contributed by atoms with E-state index in [0.717, 1.165) is 32.9 Å². The first kappa shape index (κ1) is 29.5. The Bertz CT molecular complexity index is 1440. The Morgan fingerprint density at radius 1 is 0.854 bits per heavy atom. The highest BCUT2D eigenvalue weighted by molar-refractivity contribution is 9.10. The molecule has 212 valence electrons. The highest BCUT2D eigenvalue weighted by Gasteiger charge is 2.50. The van der Waals surface area contributed by atoms with Crippen molar-refractivity contribution in [2.24, 2.45) is 11.8 Å². The van der Waals surface area contributed by atoms with Crippen LogP contribution in [0.3, 0.4) is 0 Å². The Kier molecular flexibility index (Phi) is 8.16. The van der Waals surface area contributed by atoms with Crippen LogP contribution in [0.5, 0.6) is 0 Å². The number of ether oxygens (including phenoxy) is 1. The van der Waals surface area contributed by atoms with E-state index in [9.17, 15) is 15.3 Å². The number of halogens is 2. The number of pyridine rings is 2. The number of piperidine rings is 1. The minimum atomic E-state index is -0.645. The summed E-state index contributed by atoms with van der Waals surface area (Å²) in [6.45, 7) is 5.57. The van der Waals surface area contributed by atoms with Gasteiger partial charge in [0.25, 0.3) is 0 Å². The second kappa shape index (κ2) is 11.3. The zero-order valence-electron chi connectivity index (χ0n) is 23.4. The van der Waals surface area contributed by atoms with Crippen molar-refractivity contribution in [1.29, 1.82) is 10.5 Å². The van der Waals surface area contributed by atoms with E-state index < -0.39 is 11.0 Å². The molecule has 0 aromatic carbocycles. The molecule has 2 aromatic rings. The van der Waals surface area contributed by atoms with Crippen molar-refractivity contribution in [3.05, 3.63) is 81.3 Å². The van der Waals surface area contributed by atoms with Crippen molar-refractivity contribution >= 4 is 38.0 Å². The first-order valence-corrected chi connectivity index (χ1v) is 15.5. The fourth-order valence-corrected chi connectivity index (χ4v) is 7.40. The maximum Gasteiger partial charge on any atom is 0.411 e. The van der Waals surface area contributed by atoms with E-state index >= 15 is 0 Å². The van der Waals surface area contributed by atoms with E-state index in [0.29, 0.717) is 24.7 Å². The Morgan fingerprint density at radius 2 is 1.32 bits per heavy atom. The van der Waals surface area contributed by atoms with Crippen molar-refractivity contribution < 1.29 is 9.53 Å². The van der Waals surface area contributed by atoms with Crippen molar-refractivity contribution in [3.8, 4) is 12.1 Å². The maximum absolute atomic E-state index is 12.5. The average Bonchev–Trinajstić information content (AvgIpc) is 3.42. The van der Waals surface area contributed by atoms with Gasteiger partial charge in [0.15, 0.2) is 0 Å². The molecule has 4 heterocycles. The van der Waals surface area contributed by atoms with E-state index in [2.05, 4.69) is 66.1 Å². The number of amides is 1. The van der Waals surface area contributed by atoms with E-state index in [-0.39, 0.29) is 23.6 Å². The molecule has 1 amide bonds. The van der Waals surface area contributed by atoms with Crippen LogP contribution >= 0.6 is 31.9 Å². The molecule has 4 bridgehead atoms. The molecular formula is C32H33Br2N5O2. The lowest BCUT2D eigenvalue weighted by atomic mass is 9.66. The molecule has 2 aromatic heterocycles. The summed E-state index contributed by atoms with van der Waals surface area (Å²) >= 11 is 6.86. The van der Waals surface area contributed by atoms with Gasteiger partial charge >= 0.3 is 6.09 Å². The molecule has 41 heavy (non-hydrogen) atoms. The maximum atomic E-state index is 12.5. The third kappa shape index (κ3) is 6.12. The quantitative estimate of drug-likeness (QED) is 0.304. The van der Waals surface area contributed by atoms with Crippen LogP contribution in [-0.2, 0) is 15.6 Å². The SMILES string of the molecule is CC(C)(C)OC(=O)N1[C@@H]2C=C[C@H]1CC(C#N)(c1cncc(Br)c1)C2.N#CC1(c2cncc(Br)c2)C[C@@H]2C=C[C@@H](C2)C1. The monoisotopic (exact) mass is 677 g/mol. The Hall–Kier alpha value is -3.01. The first-order chi connectivity index (χ1) is 19.5. The van der Waals surface area contributed by atoms with Gasteiger partial charge in [-0.15, -0.1) is 0 Å². The summed E-state index contributed by atoms with van der Waals surface area (Å²) in [5, 5.41) is 19.5. The molecule has 2 aliphatic heterocycles. The predicted molar refractivity (Wildman–Crippen MR) is 162 cm³/mol. The molecule has 0 radical (unpaired) electrons. The Balaban J connectivity index is 0.000000174. The number of aromatic nitrogens is 2. The largest absolute Gasteiger partial charge is 0.444 e. The summed E-state index contributed by atoms with van der Waals surface area (Å²) < 4.78 is 7.33. The molecule has 2 fully saturated rings. The summed E-state index contributed by atoms with van der Waals surface area (Å²) in [6.07, 6.45) is 19.6. The molecule has 6 atom stereocenters. The molecule has 0 N–H and O–H groups in total. The van der Waals surface area contributed by atoms with Crippen LogP contribution in [0.1, 0.15) is 64.0 Å². The highest BCUT2D eigenvalue weighted by Crippen LogP contribution is 2.48. The summed E-state index contributed by atoms with van der Waals surface area (Å²) in [7, 11) is 0. The number of carbonyl (C=O) groups is 1. The number of hydrogen-bond acceptors (Lipinski definition) is 6. The van der Waals surface area contributed by atoms with Gasteiger partial charge in [-0.25, -0.2) is 4.79 Å². The smallest absolute Gasteiger partial charge is 0.411 e. The topological polar surface area (TPSA) is 103 Å². The van der Waals surface area contributed by atoms with Gasteiger partial charge in [-0.05, 0) is 120 Å². The standard InChI is InChI=1S/C18H20BrN3O2.C14H13BrN2/c1-17(2,3)24-16(23)22-14-4-5-15(22)8-18(7-14,11-20)12-6-13(19)10-21-9-12;15-13-4-12(7-17-8-13)14(9-16)5-10-1-2-11(3-10)6-14/h4-6,9-10,14-15H,7-8H2,1-3H3;1-2,4,7-8,10-11H,3,5-6H2/t14-,15+,18?;10-,11+,14?. The molecular weight excluding hydrogens is 646 g/mol. The second-order valence-corrected chi connectivity index (χ2v) is 14.4. The fraction of sp³-hybridized carbons (Fsp3) is 0.469. The summed E-state index contributed by atoms with van der Waals surface area (Å²) in [6, 6.07) is 8.78. The average molecular weight is 679 g/mol. The third-order valence-electron chi connectivity index (χ3n) is 8.41. The number of allylic oxidation sites excluding steroid dienone is 2. The number of nitriles is 2. The van der Waals surface area contributed by atoms with Crippen LogP contribution in [0.4, 0.5) is 4.79 Å². The lowest BCUT2D eigenvalue weighted by Crippen LogP contribution is -2.53. The molecule has 0 spiro atoms. The highest BCUT2D eigenvalue weighted by atomic mass is 79.9. The van der Waals surface area contributed by atoms with Crippen molar-refractivity contribution in [2.75, 3.05) is 0 Å². The fourth-order valence-electron chi connectivity index (χ4n) is 6.68. The molecule has 4 aliphatic rings. The van der Waals surface area contributed by atoms with E-state index in [1.54, 1.807) is 23.5 Å². The van der Waals surface area contributed by atoms with Crippen molar-refractivity contribution in [3.63, 3.8) is 0 Å². The van der Waals surface area contributed by atoms with Crippen LogP contribution < -0.4 is 0 Å².